The normalized spacial score (nSPS) is 13.5. The summed E-state index contributed by atoms with van der Waals surface area (Å²) in [5.74, 6) is 4.02. The zero-order valence-corrected chi connectivity index (χ0v) is 30.7. The number of anilines is 10. The third kappa shape index (κ3) is 10.0. The van der Waals surface area contributed by atoms with E-state index in [2.05, 4.69) is 66.9 Å². The number of halogens is 3. The van der Waals surface area contributed by atoms with Crippen LogP contribution in [0.1, 0.15) is 64.8 Å². The summed E-state index contributed by atoms with van der Waals surface area (Å²) in [7, 11) is 0. The van der Waals surface area contributed by atoms with Crippen molar-refractivity contribution in [3.05, 3.63) is 132 Å². The second-order valence-electron chi connectivity index (χ2n) is 13.7. The molecule has 18 heteroatoms. The van der Waals surface area contributed by atoms with Gasteiger partial charge in [0.2, 0.25) is 11.9 Å². The fourth-order valence-corrected chi connectivity index (χ4v) is 5.84. The van der Waals surface area contributed by atoms with E-state index in [1.165, 1.54) is 43.5 Å². The molecule has 0 saturated heterocycles. The number of H-pyrrole nitrogens is 2. The van der Waals surface area contributed by atoms with Gasteiger partial charge < -0.3 is 32.3 Å². The van der Waals surface area contributed by atoms with Crippen molar-refractivity contribution < 1.29 is 18.0 Å². The third-order valence-electron chi connectivity index (χ3n) is 9.02. The number of nitrogens with one attached hydrogen (secondary N) is 7. The maximum Gasteiger partial charge on any atom is 0.416 e. The summed E-state index contributed by atoms with van der Waals surface area (Å²) in [6, 6.07) is 25.9. The Morgan fingerprint density at radius 1 is 0.621 bits per heavy atom. The van der Waals surface area contributed by atoms with Gasteiger partial charge in [-0.3, -0.25) is 15.0 Å². The van der Waals surface area contributed by atoms with Gasteiger partial charge in [-0.1, -0.05) is 18.2 Å². The Kier molecular flexibility index (Phi) is 10.5. The summed E-state index contributed by atoms with van der Waals surface area (Å²) in [6.07, 6.45) is 3.57. The lowest BCUT2D eigenvalue weighted by Crippen LogP contribution is -2.14. The number of hydrogen-bond donors (Lipinski definition) is 8. The first-order valence-corrected chi connectivity index (χ1v) is 18.4. The Morgan fingerprint density at radius 3 is 1.71 bits per heavy atom. The van der Waals surface area contributed by atoms with Gasteiger partial charge >= 0.3 is 6.18 Å². The number of aromatic amines is 2. The maximum atomic E-state index is 12.9. The van der Waals surface area contributed by atoms with Crippen LogP contribution >= 0.6 is 0 Å². The molecule has 9 rings (SSSR count). The number of carbonyl (C=O) groups excluding carboxylic acids is 1. The first-order valence-electron chi connectivity index (χ1n) is 18.4. The van der Waals surface area contributed by atoms with Crippen LogP contribution in [-0.2, 0) is 6.18 Å². The van der Waals surface area contributed by atoms with E-state index in [0.29, 0.717) is 58.2 Å². The van der Waals surface area contributed by atoms with E-state index in [0.717, 1.165) is 29.3 Å². The highest BCUT2D eigenvalue weighted by atomic mass is 19.4. The van der Waals surface area contributed by atoms with Crippen molar-refractivity contribution in [2.45, 2.75) is 43.7 Å². The summed E-state index contributed by atoms with van der Waals surface area (Å²) in [5, 5.41) is 29.7. The Hall–Kier alpha value is -7.50. The topological polar surface area (TPSA) is 212 Å². The van der Waals surface area contributed by atoms with Gasteiger partial charge in [0.1, 0.15) is 11.6 Å². The maximum absolute atomic E-state index is 12.9. The standard InChI is InChI=1S/C24H20F3N7O.C16H17N7/c25-24(26,27)16-4-1-3-15(11-16)22(35)29-17-5-2-6-18(12-17)30-23-28-10-9-20(32-23)31-21-13-19(33-34-21)14-7-8-14;17-11-2-1-3-12(8-11)19-16-18-7-6-14(21-16)20-15-9-13(22-23-15)10-4-5-10/h1-6,9-14H,7-8H2,(H,29,35)(H3,28,30,31,32,33,34);1-3,6-10H,4-5,17H2,(H3,18,19,20,21,22,23). The van der Waals surface area contributed by atoms with Gasteiger partial charge in [0.15, 0.2) is 11.6 Å². The first kappa shape index (κ1) is 37.4. The molecule has 2 aliphatic carbocycles. The Balaban J connectivity index is 0.000000176. The molecular weight excluding hydrogens is 750 g/mol. The molecule has 4 heterocycles. The van der Waals surface area contributed by atoms with Crippen LogP contribution in [0.25, 0.3) is 0 Å². The number of amides is 1. The fraction of sp³-hybridized carbons (Fsp3) is 0.175. The molecule has 2 aliphatic rings. The van der Waals surface area contributed by atoms with Crippen LogP contribution in [-0.4, -0.2) is 46.2 Å². The quantitative estimate of drug-likeness (QED) is 0.0545. The van der Waals surface area contributed by atoms with Crippen LogP contribution in [0.4, 0.5) is 71.1 Å². The Morgan fingerprint density at radius 2 is 1.16 bits per heavy atom. The number of benzene rings is 3. The minimum Gasteiger partial charge on any atom is -0.399 e. The molecule has 15 nitrogen and oxygen atoms in total. The minimum atomic E-state index is -4.53. The highest BCUT2D eigenvalue weighted by molar-refractivity contribution is 6.04. The molecule has 7 aromatic rings. The van der Waals surface area contributed by atoms with Crippen LogP contribution < -0.4 is 32.3 Å². The van der Waals surface area contributed by atoms with E-state index in [-0.39, 0.29) is 5.56 Å². The molecule has 58 heavy (non-hydrogen) atoms. The van der Waals surface area contributed by atoms with E-state index < -0.39 is 17.6 Å². The van der Waals surface area contributed by atoms with Crippen LogP contribution in [0.5, 0.6) is 0 Å². The lowest BCUT2D eigenvalue weighted by atomic mass is 10.1. The Bertz CT molecular complexity index is 2530. The van der Waals surface area contributed by atoms with Crippen LogP contribution in [0.2, 0.25) is 0 Å². The van der Waals surface area contributed by atoms with Gasteiger partial charge in [-0.2, -0.15) is 33.3 Å². The van der Waals surface area contributed by atoms with Gasteiger partial charge in [-0.25, -0.2) is 9.97 Å². The molecule has 3 aromatic carbocycles. The van der Waals surface area contributed by atoms with Crippen molar-refractivity contribution in [2.75, 3.05) is 32.3 Å². The van der Waals surface area contributed by atoms with Gasteiger partial charge in [0, 0.05) is 76.1 Å². The van der Waals surface area contributed by atoms with Crippen molar-refractivity contribution in [3.8, 4) is 0 Å². The number of nitrogens with two attached hydrogens (primary N) is 1. The van der Waals surface area contributed by atoms with Gasteiger partial charge in [0.05, 0.1) is 5.56 Å². The summed E-state index contributed by atoms with van der Waals surface area (Å²) < 4.78 is 38.8. The van der Waals surface area contributed by atoms with E-state index >= 15 is 0 Å². The molecule has 0 radical (unpaired) electrons. The zero-order chi connectivity index (χ0) is 40.1. The highest BCUT2D eigenvalue weighted by Gasteiger charge is 2.31. The largest absolute Gasteiger partial charge is 0.416 e. The van der Waals surface area contributed by atoms with Crippen molar-refractivity contribution in [3.63, 3.8) is 0 Å². The summed E-state index contributed by atoms with van der Waals surface area (Å²) in [5.41, 5.74) is 9.59. The zero-order valence-electron chi connectivity index (χ0n) is 30.7. The second-order valence-corrected chi connectivity index (χ2v) is 13.7. The van der Waals surface area contributed by atoms with Crippen molar-refractivity contribution >= 4 is 63.8 Å². The second kappa shape index (κ2) is 16.3. The molecule has 4 aromatic heterocycles. The van der Waals surface area contributed by atoms with Crippen LogP contribution in [0.15, 0.2) is 109 Å². The van der Waals surface area contributed by atoms with E-state index in [1.54, 1.807) is 48.8 Å². The summed E-state index contributed by atoms with van der Waals surface area (Å²) >= 11 is 0. The first-order chi connectivity index (χ1) is 28.1. The third-order valence-corrected chi connectivity index (χ3v) is 9.02. The molecule has 1 amide bonds. The predicted octanol–water partition coefficient (Wildman–Crippen LogP) is 8.98. The van der Waals surface area contributed by atoms with Crippen LogP contribution in [0.3, 0.4) is 0 Å². The SMILES string of the molecule is Nc1cccc(Nc2nccc(Nc3cc(C4CC4)[nH]n3)n2)c1.O=C(Nc1cccc(Nc2nccc(Nc3cc(C4CC4)[nH]n3)n2)c1)c1cccc(C(F)(F)F)c1. The molecular formula is C40H37F3N14O. The molecule has 0 bridgehead atoms. The number of nitrogen functional groups attached to an aromatic ring is 1. The summed E-state index contributed by atoms with van der Waals surface area (Å²) in [6.45, 7) is 0. The minimum absolute atomic E-state index is 0.0940. The fourth-order valence-electron chi connectivity index (χ4n) is 5.84. The molecule has 2 fully saturated rings. The highest BCUT2D eigenvalue weighted by Crippen LogP contribution is 2.40. The molecule has 2 saturated carbocycles. The van der Waals surface area contributed by atoms with Gasteiger partial charge in [-0.15, -0.1) is 0 Å². The smallest absolute Gasteiger partial charge is 0.399 e. The molecule has 0 unspecified atom stereocenters. The number of carbonyl (C=O) groups is 1. The summed E-state index contributed by atoms with van der Waals surface area (Å²) in [4.78, 5) is 29.8. The van der Waals surface area contributed by atoms with E-state index in [1.807, 2.05) is 36.4 Å². The lowest BCUT2D eigenvalue weighted by molar-refractivity contribution is -0.137. The molecule has 0 atom stereocenters. The van der Waals surface area contributed by atoms with Gasteiger partial charge in [0.25, 0.3) is 5.91 Å². The number of nitrogens with zero attached hydrogens (tertiary/aromatic N) is 6. The lowest BCUT2D eigenvalue weighted by Gasteiger charge is -2.11. The number of alkyl halides is 3. The number of rotatable bonds is 12. The molecule has 9 N–H and O–H groups in total. The average molecular weight is 787 g/mol. The monoisotopic (exact) mass is 786 g/mol. The number of aromatic nitrogens is 8. The number of hydrogen-bond acceptors (Lipinski definition) is 12. The van der Waals surface area contributed by atoms with Crippen molar-refractivity contribution in [1.82, 2.24) is 40.3 Å². The van der Waals surface area contributed by atoms with Gasteiger partial charge in [-0.05, 0) is 92.4 Å². The Labute approximate surface area is 329 Å². The van der Waals surface area contributed by atoms with E-state index in [4.69, 9.17) is 5.73 Å². The van der Waals surface area contributed by atoms with E-state index in [9.17, 15) is 18.0 Å². The molecule has 294 valence electrons. The van der Waals surface area contributed by atoms with Crippen molar-refractivity contribution in [1.29, 1.82) is 0 Å². The van der Waals surface area contributed by atoms with Crippen LogP contribution in [0, 0.1) is 0 Å². The van der Waals surface area contributed by atoms with Crippen molar-refractivity contribution in [2.24, 2.45) is 0 Å². The molecule has 0 spiro atoms. The average Bonchev–Trinajstić information content (AvgIpc) is 4.14. The predicted molar refractivity (Wildman–Crippen MR) is 215 cm³/mol. The molecule has 0 aliphatic heterocycles.